The van der Waals surface area contributed by atoms with Crippen molar-refractivity contribution in [1.29, 1.82) is 0 Å². The van der Waals surface area contributed by atoms with Crippen LogP contribution in [0.15, 0.2) is 54.6 Å². The number of nitrogens with zero attached hydrogens (tertiary/aromatic N) is 2. The maximum atomic E-state index is 12.9. The average molecular weight is 365 g/mol. The number of imide groups is 1. The molecule has 2 aromatic rings. The molecule has 4 amide bonds. The van der Waals surface area contributed by atoms with E-state index in [4.69, 9.17) is 0 Å². The summed E-state index contributed by atoms with van der Waals surface area (Å²) in [5.74, 6) is -0.664. The van der Waals surface area contributed by atoms with Gasteiger partial charge in [0.25, 0.3) is 11.8 Å². The maximum Gasteiger partial charge on any atom is 0.317 e. The third-order valence-corrected chi connectivity index (χ3v) is 4.82. The van der Waals surface area contributed by atoms with Gasteiger partial charge in [-0.25, -0.2) is 4.79 Å². The summed E-state index contributed by atoms with van der Waals surface area (Å²) in [5.41, 5.74) is 1.60. The molecule has 2 aromatic carbocycles. The van der Waals surface area contributed by atoms with Crippen LogP contribution < -0.4 is 5.32 Å². The highest BCUT2D eigenvalue weighted by molar-refractivity contribution is 6.21. The summed E-state index contributed by atoms with van der Waals surface area (Å²) in [6, 6.07) is 15.3. The number of amides is 4. The van der Waals surface area contributed by atoms with Gasteiger partial charge in [-0.3, -0.25) is 14.5 Å². The van der Waals surface area contributed by atoms with Crippen molar-refractivity contribution in [2.75, 3.05) is 19.6 Å². The van der Waals surface area contributed by atoms with Crippen molar-refractivity contribution in [2.24, 2.45) is 0 Å². The normalized spacial score (nSPS) is 14.1. The molecule has 0 radical (unpaired) electrons. The lowest BCUT2D eigenvalue weighted by molar-refractivity contribution is 0.0580. The molecule has 0 aliphatic carbocycles. The molecule has 0 spiro atoms. The fraction of sp³-hybridized carbons (Fsp3) is 0.286. The molecule has 1 unspecified atom stereocenters. The maximum absolute atomic E-state index is 12.9. The fourth-order valence-electron chi connectivity index (χ4n) is 3.33. The Labute approximate surface area is 158 Å². The van der Waals surface area contributed by atoms with Crippen LogP contribution in [0.4, 0.5) is 4.79 Å². The molecule has 27 heavy (non-hydrogen) atoms. The Morgan fingerprint density at radius 2 is 1.44 bits per heavy atom. The molecule has 0 bridgehead atoms. The van der Waals surface area contributed by atoms with Crippen molar-refractivity contribution in [2.45, 2.75) is 19.9 Å². The lowest BCUT2D eigenvalue weighted by Crippen LogP contribution is -2.45. The number of benzene rings is 2. The van der Waals surface area contributed by atoms with Gasteiger partial charge in [0.2, 0.25) is 0 Å². The molecule has 0 saturated heterocycles. The summed E-state index contributed by atoms with van der Waals surface area (Å²) in [4.78, 5) is 41.1. The molecule has 1 N–H and O–H groups in total. The summed E-state index contributed by atoms with van der Waals surface area (Å²) in [7, 11) is 0. The number of nitrogens with one attached hydrogen (secondary N) is 1. The second-order valence-electron chi connectivity index (χ2n) is 6.31. The summed E-state index contributed by atoms with van der Waals surface area (Å²) >= 11 is 0. The minimum Gasteiger partial charge on any atom is -0.336 e. The zero-order chi connectivity index (χ0) is 19.4. The van der Waals surface area contributed by atoms with E-state index < -0.39 is 6.04 Å². The molecule has 6 nitrogen and oxygen atoms in total. The fourth-order valence-corrected chi connectivity index (χ4v) is 3.33. The van der Waals surface area contributed by atoms with Gasteiger partial charge in [0.15, 0.2) is 0 Å². The Kier molecular flexibility index (Phi) is 5.54. The highest BCUT2D eigenvalue weighted by Gasteiger charge is 2.40. The van der Waals surface area contributed by atoms with Crippen LogP contribution in [0.1, 0.15) is 46.2 Å². The molecule has 0 saturated carbocycles. The van der Waals surface area contributed by atoms with Crippen LogP contribution in [0.25, 0.3) is 0 Å². The molecule has 140 valence electrons. The van der Waals surface area contributed by atoms with Crippen LogP contribution in [-0.4, -0.2) is 47.3 Å². The largest absolute Gasteiger partial charge is 0.336 e. The Hall–Kier alpha value is -3.15. The standard InChI is InChI=1S/C21H23N3O3/c1-3-23(4-2)21(27)22-14-18(15-10-6-5-7-11-15)24-19(25)16-12-8-9-13-17(16)20(24)26/h5-13,18H,3-4,14H2,1-2H3,(H,22,27). The van der Waals surface area contributed by atoms with Gasteiger partial charge in [-0.15, -0.1) is 0 Å². The number of carbonyl (C=O) groups excluding carboxylic acids is 3. The van der Waals surface area contributed by atoms with E-state index in [0.717, 1.165) is 5.56 Å². The lowest BCUT2D eigenvalue weighted by Gasteiger charge is -2.28. The molecule has 0 aromatic heterocycles. The molecule has 1 atom stereocenters. The number of fused-ring (bicyclic) bond motifs is 1. The van der Waals surface area contributed by atoms with Crippen molar-refractivity contribution in [3.63, 3.8) is 0 Å². The number of urea groups is 1. The van der Waals surface area contributed by atoms with Crippen LogP contribution in [0.5, 0.6) is 0 Å². The monoisotopic (exact) mass is 365 g/mol. The molecule has 1 heterocycles. The number of rotatable bonds is 6. The zero-order valence-corrected chi connectivity index (χ0v) is 15.5. The Bertz CT molecular complexity index is 812. The molecular formula is C21H23N3O3. The van der Waals surface area contributed by atoms with E-state index in [1.807, 2.05) is 44.2 Å². The first-order chi connectivity index (χ1) is 13.1. The van der Waals surface area contributed by atoms with Gasteiger partial charge >= 0.3 is 6.03 Å². The van der Waals surface area contributed by atoms with Crippen molar-refractivity contribution in [3.05, 3.63) is 71.3 Å². The van der Waals surface area contributed by atoms with Gasteiger partial charge < -0.3 is 10.2 Å². The quantitative estimate of drug-likeness (QED) is 0.800. The van der Waals surface area contributed by atoms with E-state index in [9.17, 15) is 14.4 Å². The van der Waals surface area contributed by atoms with Crippen LogP contribution in [0.3, 0.4) is 0 Å². The van der Waals surface area contributed by atoms with Crippen molar-refractivity contribution < 1.29 is 14.4 Å². The van der Waals surface area contributed by atoms with Gasteiger partial charge in [0, 0.05) is 19.6 Å². The molecule has 6 heteroatoms. The third-order valence-electron chi connectivity index (χ3n) is 4.82. The van der Waals surface area contributed by atoms with E-state index in [0.29, 0.717) is 24.2 Å². The molecule has 3 rings (SSSR count). The lowest BCUT2D eigenvalue weighted by atomic mass is 10.1. The zero-order valence-electron chi connectivity index (χ0n) is 15.5. The summed E-state index contributed by atoms with van der Waals surface area (Å²) in [5, 5.41) is 2.87. The highest BCUT2D eigenvalue weighted by Crippen LogP contribution is 2.31. The van der Waals surface area contributed by atoms with E-state index >= 15 is 0 Å². The minimum atomic E-state index is -0.571. The molecule has 1 aliphatic rings. The van der Waals surface area contributed by atoms with Crippen LogP contribution in [0.2, 0.25) is 0 Å². The second kappa shape index (κ2) is 8.03. The van der Waals surface area contributed by atoms with Crippen LogP contribution in [0, 0.1) is 0 Å². The number of hydrogen-bond donors (Lipinski definition) is 1. The van der Waals surface area contributed by atoms with E-state index in [2.05, 4.69) is 5.32 Å². The first-order valence-corrected chi connectivity index (χ1v) is 9.13. The predicted molar refractivity (Wildman–Crippen MR) is 102 cm³/mol. The average Bonchev–Trinajstić information content (AvgIpc) is 2.95. The number of hydrogen-bond acceptors (Lipinski definition) is 3. The van der Waals surface area contributed by atoms with Crippen molar-refractivity contribution in [3.8, 4) is 0 Å². The van der Waals surface area contributed by atoms with Gasteiger partial charge in [-0.2, -0.15) is 0 Å². The van der Waals surface area contributed by atoms with Gasteiger partial charge in [-0.1, -0.05) is 42.5 Å². The Morgan fingerprint density at radius 3 is 1.96 bits per heavy atom. The summed E-state index contributed by atoms with van der Waals surface area (Å²) < 4.78 is 0. The minimum absolute atomic E-state index is 0.158. The topological polar surface area (TPSA) is 69.7 Å². The molecule has 1 aliphatic heterocycles. The second-order valence-corrected chi connectivity index (χ2v) is 6.31. The van der Waals surface area contributed by atoms with E-state index in [1.165, 1.54) is 4.90 Å². The highest BCUT2D eigenvalue weighted by atomic mass is 16.2. The first kappa shape index (κ1) is 18.6. The van der Waals surface area contributed by atoms with Gasteiger partial charge in [0.05, 0.1) is 17.2 Å². The predicted octanol–water partition coefficient (Wildman–Crippen LogP) is 3.08. The smallest absolute Gasteiger partial charge is 0.317 e. The summed E-state index contributed by atoms with van der Waals surface area (Å²) in [6.07, 6.45) is 0. The first-order valence-electron chi connectivity index (χ1n) is 9.13. The Balaban J connectivity index is 1.89. The van der Waals surface area contributed by atoms with Crippen molar-refractivity contribution >= 4 is 17.8 Å². The number of carbonyl (C=O) groups is 3. The van der Waals surface area contributed by atoms with Gasteiger partial charge in [-0.05, 0) is 31.5 Å². The van der Waals surface area contributed by atoms with Crippen LogP contribution >= 0.6 is 0 Å². The molecule has 0 fully saturated rings. The van der Waals surface area contributed by atoms with Crippen LogP contribution in [-0.2, 0) is 0 Å². The van der Waals surface area contributed by atoms with Crippen molar-refractivity contribution in [1.82, 2.24) is 15.1 Å². The van der Waals surface area contributed by atoms with Gasteiger partial charge in [0.1, 0.15) is 0 Å². The van der Waals surface area contributed by atoms with E-state index in [-0.39, 0.29) is 24.4 Å². The third kappa shape index (κ3) is 3.56. The van der Waals surface area contributed by atoms with E-state index in [1.54, 1.807) is 29.2 Å². The molecular weight excluding hydrogens is 342 g/mol. The Morgan fingerprint density at radius 1 is 0.926 bits per heavy atom. The SMILES string of the molecule is CCN(CC)C(=O)NCC(c1ccccc1)N1C(=O)c2ccccc2C1=O. The summed E-state index contributed by atoms with van der Waals surface area (Å²) in [6.45, 7) is 5.14.